The third kappa shape index (κ3) is 4.73. The monoisotopic (exact) mass is 599 g/mol. The van der Waals surface area contributed by atoms with Crippen LogP contribution in [0.1, 0.15) is 31.9 Å². The fourth-order valence-corrected chi connectivity index (χ4v) is 8.08. The molecule has 0 bridgehead atoms. The lowest BCUT2D eigenvalue weighted by Gasteiger charge is -2.45. The number of hydrogen-bond donors (Lipinski definition) is 0. The Kier molecular flexibility index (Phi) is 7.36. The van der Waals surface area contributed by atoms with Gasteiger partial charge in [0.05, 0.1) is 16.6 Å². The van der Waals surface area contributed by atoms with Crippen molar-refractivity contribution >= 4 is 46.0 Å². The molecule has 2 saturated heterocycles. The van der Waals surface area contributed by atoms with Gasteiger partial charge >= 0.3 is 5.69 Å². The van der Waals surface area contributed by atoms with E-state index in [1.54, 1.807) is 16.3 Å². The molecule has 41 heavy (non-hydrogen) atoms. The first-order valence-electron chi connectivity index (χ1n) is 13.9. The topological polar surface area (TPSA) is 61.7 Å². The van der Waals surface area contributed by atoms with Gasteiger partial charge in [-0.25, -0.2) is 13.6 Å². The highest BCUT2D eigenvalue weighted by Crippen LogP contribution is 2.47. The zero-order valence-corrected chi connectivity index (χ0v) is 24.9. The Morgan fingerprint density at radius 2 is 1.88 bits per heavy atom. The van der Waals surface area contributed by atoms with Crippen LogP contribution in [-0.4, -0.2) is 75.8 Å². The predicted molar refractivity (Wildman–Crippen MR) is 160 cm³/mol. The largest absolute Gasteiger partial charge is 0.352 e. The van der Waals surface area contributed by atoms with Crippen LogP contribution < -0.4 is 10.6 Å². The van der Waals surface area contributed by atoms with Crippen LogP contribution in [0.3, 0.4) is 0 Å². The van der Waals surface area contributed by atoms with Crippen LogP contribution in [-0.2, 0) is 4.79 Å². The summed E-state index contributed by atoms with van der Waals surface area (Å²) in [6, 6.07) is 3.74. The Balaban J connectivity index is 1.56. The number of likely N-dealkylation sites (tertiary alicyclic amines) is 1. The van der Waals surface area contributed by atoms with Crippen LogP contribution in [0.15, 0.2) is 40.5 Å². The van der Waals surface area contributed by atoms with Crippen LogP contribution in [0.2, 0.25) is 5.02 Å². The summed E-state index contributed by atoms with van der Waals surface area (Å²) in [7, 11) is 0. The van der Waals surface area contributed by atoms with Gasteiger partial charge in [0, 0.05) is 64.9 Å². The van der Waals surface area contributed by atoms with Gasteiger partial charge in [0.15, 0.2) is 0 Å². The number of aryl methyl sites for hydroxylation is 1. The number of amides is 1. The minimum absolute atomic E-state index is 0.0959. The van der Waals surface area contributed by atoms with Gasteiger partial charge in [0.1, 0.15) is 17.5 Å². The number of anilines is 1. The quantitative estimate of drug-likeness (QED) is 0.294. The number of carbonyl (C=O) groups is 1. The second-order valence-corrected chi connectivity index (χ2v) is 12.7. The molecule has 0 saturated carbocycles. The predicted octanol–water partition coefficient (Wildman–Crippen LogP) is 5.27. The molecule has 0 spiro atoms. The number of carbonyl (C=O) groups excluding carboxylic acids is 1. The van der Waals surface area contributed by atoms with Crippen molar-refractivity contribution in [2.45, 2.75) is 50.2 Å². The summed E-state index contributed by atoms with van der Waals surface area (Å²) >= 11 is 7.71. The molecule has 3 aliphatic rings. The molecule has 216 valence electrons. The summed E-state index contributed by atoms with van der Waals surface area (Å²) < 4.78 is 31.1. The summed E-state index contributed by atoms with van der Waals surface area (Å²) in [4.78, 5) is 38.0. The molecule has 3 aromatic rings. The van der Waals surface area contributed by atoms with Gasteiger partial charge in [0.25, 0.3) is 0 Å². The molecule has 11 heteroatoms. The van der Waals surface area contributed by atoms with E-state index in [2.05, 4.69) is 21.4 Å². The van der Waals surface area contributed by atoms with E-state index < -0.39 is 11.6 Å². The first-order valence-corrected chi connectivity index (χ1v) is 15.2. The Labute approximate surface area is 246 Å². The lowest BCUT2D eigenvalue weighted by molar-refractivity contribution is -0.130. The highest BCUT2D eigenvalue weighted by molar-refractivity contribution is 7.99. The van der Waals surface area contributed by atoms with Crippen LogP contribution >= 0.6 is 23.4 Å². The molecule has 1 unspecified atom stereocenters. The van der Waals surface area contributed by atoms with Gasteiger partial charge in [-0.1, -0.05) is 18.2 Å². The molecular weight excluding hydrogens is 568 g/mol. The van der Waals surface area contributed by atoms with Gasteiger partial charge < -0.3 is 14.7 Å². The van der Waals surface area contributed by atoms with Crippen molar-refractivity contribution < 1.29 is 13.6 Å². The van der Waals surface area contributed by atoms with Gasteiger partial charge in [0.2, 0.25) is 5.91 Å². The molecule has 3 aliphatic heterocycles. The fourth-order valence-electron chi connectivity index (χ4n) is 6.54. The molecule has 2 fully saturated rings. The summed E-state index contributed by atoms with van der Waals surface area (Å²) in [6.45, 7) is 13.2. The van der Waals surface area contributed by atoms with E-state index in [1.807, 2.05) is 31.7 Å². The van der Waals surface area contributed by atoms with Crippen molar-refractivity contribution in [2.75, 3.05) is 43.4 Å². The first kappa shape index (κ1) is 28.2. The minimum atomic E-state index is -0.817. The van der Waals surface area contributed by atoms with Crippen LogP contribution in [0, 0.1) is 18.6 Å². The van der Waals surface area contributed by atoms with Gasteiger partial charge in [-0.3, -0.25) is 9.36 Å². The molecule has 2 aromatic carbocycles. The van der Waals surface area contributed by atoms with E-state index >= 15 is 4.39 Å². The van der Waals surface area contributed by atoms with Crippen molar-refractivity contribution in [3.8, 4) is 11.1 Å². The molecule has 0 radical (unpaired) electrons. The average molecular weight is 600 g/mol. The maximum absolute atomic E-state index is 15.3. The van der Waals surface area contributed by atoms with Crippen molar-refractivity contribution in [1.29, 1.82) is 0 Å². The molecule has 1 amide bonds. The van der Waals surface area contributed by atoms with Crippen molar-refractivity contribution in [2.24, 2.45) is 0 Å². The molecule has 0 N–H and O–H groups in total. The van der Waals surface area contributed by atoms with E-state index in [0.717, 1.165) is 48.0 Å². The maximum Gasteiger partial charge on any atom is 0.350 e. The zero-order valence-electron chi connectivity index (χ0n) is 23.3. The van der Waals surface area contributed by atoms with Gasteiger partial charge in [-0.15, -0.1) is 11.8 Å². The summed E-state index contributed by atoms with van der Waals surface area (Å²) in [5, 5.41) is 0.644. The Morgan fingerprint density at radius 1 is 1.17 bits per heavy atom. The number of thioether (sulfide) groups is 1. The first-order chi connectivity index (χ1) is 19.6. The molecule has 7 nitrogen and oxygen atoms in total. The van der Waals surface area contributed by atoms with Crippen LogP contribution in [0.4, 0.5) is 14.6 Å². The molecule has 4 heterocycles. The third-order valence-electron chi connectivity index (χ3n) is 8.47. The van der Waals surface area contributed by atoms with Crippen LogP contribution in [0.5, 0.6) is 0 Å². The van der Waals surface area contributed by atoms with E-state index in [-0.39, 0.29) is 40.3 Å². The smallest absolute Gasteiger partial charge is 0.350 e. The number of rotatable bonds is 5. The summed E-state index contributed by atoms with van der Waals surface area (Å²) in [6.07, 6.45) is 2.47. The Bertz CT molecular complexity index is 1630. The molecular formula is C30H32ClF2N5O2S. The second-order valence-electron chi connectivity index (χ2n) is 11.3. The number of benzene rings is 2. The summed E-state index contributed by atoms with van der Waals surface area (Å²) in [5.74, 6) is -0.460. The standard InChI is InChI=1S/C30H32ClF2N5O2S/c1-5-25(39)37-17(3)12-36(13-18(37)4)29-21-9-16(2)26(20-10-22(31)24(33)11-23(20)32)28-27(21)38(30(40)34-29)19(15-41-28)14-35-7-6-8-35/h5,9-11,17-19H,1,6-8,12-15H2,2-4H3/t17-,18+,19?. The maximum atomic E-state index is 15.3. The number of hydrogen-bond acceptors (Lipinski definition) is 6. The molecule has 1 aromatic heterocycles. The molecule has 3 atom stereocenters. The number of aromatic nitrogens is 2. The third-order valence-corrected chi connectivity index (χ3v) is 10.00. The number of piperazine rings is 1. The second kappa shape index (κ2) is 10.7. The highest BCUT2D eigenvalue weighted by atomic mass is 35.5. The van der Waals surface area contributed by atoms with E-state index in [4.69, 9.17) is 11.6 Å². The molecule has 6 rings (SSSR count). The van der Waals surface area contributed by atoms with E-state index in [9.17, 15) is 14.0 Å². The van der Waals surface area contributed by atoms with Crippen molar-refractivity contribution in [1.82, 2.24) is 19.4 Å². The zero-order chi connectivity index (χ0) is 29.2. The fraction of sp³-hybridized carbons (Fsp3) is 0.433. The van der Waals surface area contributed by atoms with Crippen molar-refractivity contribution in [3.63, 3.8) is 0 Å². The Hall–Kier alpha value is -2.95. The average Bonchev–Trinajstić information content (AvgIpc) is 2.90. The molecule has 0 aliphatic carbocycles. The SMILES string of the molecule is C=CC(=O)N1[C@H](C)CN(c2nc(=O)n3c4c(c(-c5cc(Cl)c(F)cc5F)c(C)cc24)SCC3CN2CCC2)C[C@@H]1C. The van der Waals surface area contributed by atoms with Crippen LogP contribution in [0.25, 0.3) is 22.0 Å². The van der Waals surface area contributed by atoms with Crippen molar-refractivity contribution in [3.05, 3.63) is 63.6 Å². The Morgan fingerprint density at radius 3 is 2.51 bits per heavy atom. The lowest BCUT2D eigenvalue weighted by atomic mass is 9.96. The van der Waals surface area contributed by atoms with Gasteiger partial charge in [-0.05, 0) is 64.1 Å². The van der Waals surface area contributed by atoms with E-state index in [1.165, 1.54) is 12.1 Å². The number of nitrogens with zero attached hydrogens (tertiary/aromatic N) is 5. The lowest BCUT2D eigenvalue weighted by Crippen LogP contribution is -2.58. The number of halogens is 3. The highest BCUT2D eigenvalue weighted by Gasteiger charge is 2.36. The minimum Gasteiger partial charge on any atom is -0.352 e. The van der Waals surface area contributed by atoms with Gasteiger partial charge in [-0.2, -0.15) is 4.98 Å². The normalized spacial score (nSPS) is 22.6. The summed E-state index contributed by atoms with van der Waals surface area (Å²) in [5.41, 5.74) is 1.95. The van der Waals surface area contributed by atoms with E-state index in [0.29, 0.717) is 35.7 Å².